The number of carbonyl (C=O) groups excluding carboxylic acids is 1. The molecule has 0 bridgehead atoms. The molecule has 1 aromatic rings. The van der Waals surface area contributed by atoms with Gasteiger partial charge in [0, 0.05) is 11.8 Å². The molecule has 0 saturated carbocycles. The third kappa shape index (κ3) is 5.67. The second-order valence-corrected chi connectivity index (χ2v) is 6.54. The SMILES string of the molecule is CC(C)(C)c1cnc(CNC(=O)CCC2CCNC2)o1.Cl. The van der Waals surface area contributed by atoms with E-state index in [1.165, 1.54) is 6.42 Å². The van der Waals surface area contributed by atoms with Crippen molar-refractivity contribution in [3.05, 3.63) is 17.8 Å². The highest BCUT2D eigenvalue weighted by atomic mass is 35.5. The quantitative estimate of drug-likeness (QED) is 0.875. The lowest BCUT2D eigenvalue weighted by molar-refractivity contribution is -0.121. The largest absolute Gasteiger partial charge is 0.443 e. The highest BCUT2D eigenvalue weighted by Gasteiger charge is 2.19. The van der Waals surface area contributed by atoms with Gasteiger partial charge in [0.1, 0.15) is 5.76 Å². The molecule has 0 aromatic carbocycles. The first-order chi connectivity index (χ1) is 9.45. The lowest BCUT2D eigenvalue weighted by atomic mass is 9.94. The second kappa shape index (κ2) is 7.80. The van der Waals surface area contributed by atoms with Crippen molar-refractivity contribution in [1.29, 1.82) is 0 Å². The van der Waals surface area contributed by atoms with Gasteiger partial charge in [0.25, 0.3) is 0 Å². The third-order valence-corrected chi connectivity index (χ3v) is 3.67. The van der Waals surface area contributed by atoms with Crippen LogP contribution in [-0.4, -0.2) is 24.0 Å². The van der Waals surface area contributed by atoms with Crippen molar-refractivity contribution in [3.8, 4) is 0 Å². The van der Waals surface area contributed by atoms with Crippen LogP contribution in [0.15, 0.2) is 10.6 Å². The molecule has 1 aromatic heterocycles. The van der Waals surface area contributed by atoms with Crippen molar-refractivity contribution in [2.45, 2.75) is 52.0 Å². The minimum Gasteiger partial charge on any atom is -0.443 e. The smallest absolute Gasteiger partial charge is 0.220 e. The molecule has 2 N–H and O–H groups in total. The van der Waals surface area contributed by atoms with Gasteiger partial charge in [-0.05, 0) is 31.8 Å². The molecule has 120 valence electrons. The van der Waals surface area contributed by atoms with Crippen molar-refractivity contribution < 1.29 is 9.21 Å². The fourth-order valence-electron chi connectivity index (χ4n) is 2.30. The molecule has 0 radical (unpaired) electrons. The summed E-state index contributed by atoms with van der Waals surface area (Å²) in [6, 6.07) is 0. The summed E-state index contributed by atoms with van der Waals surface area (Å²) >= 11 is 0. The molecule has 2 heterocycles. The van der Waals surface area contributed by atoms with E-state index in [1.807, 2.05) is 0 Å². The van der Waals surface area contributed by atoms with Crippen LogP contribution in [0.5, 0.6) is 0 Å². The predicted molar refractivity (Wildman–Crippen MR) is 84.5 cm³/mol. The van der Waals surface area contributed by atoms with Crippen LogP contribution >= 0.6 is 12.4 Å². The fourth-order valence-corrected chi connectivity index (χ4v) is 2.30. The number of nitrogens with zero attached hydrogens (tertiary/aromatic N) is 1. The van der Waals surface area contributed by atoms with Gasteiger partial charge in [-0.1, -0.05) is 20.8 Å². The molecule has 0 spiro atoms. The summed E-state index contributed by atoms with van der Waals surface area (Å²) in [4.78, 5) is 16.0. The van der Waals surface area contributed by atoms with Crippen molar-refractivity contribution in [3.63, 3.8) is 0 Å². The maximum Gasteiger partial charge on any atom is 0.220 e. The van der Waals surface area contributed by atoms with Crippen LogP contribution in [0.1, 0.15) is 51.7 Å². The maximum atomic E-state index is 11.8. The number of hydrogen-bond acceptors (Lipinski definition) is 4. The normalized spacial score (nSPS) is 18.3. The molecule has 6 heteroatoms. The highest BCUT2D eigenvalue weighted by Crippen LogP contribution is 2.22. The molecule has 2 rings (SSSR count). The zero-order chi connectivity index (χ0) is 14.6. The zero-order valence-corrected chi connectivity index (χ0v) is 13.9. The number of amides is 1. The van der Waals surface area contributed by atoms with E-state index in [-0.39, 0.29) is 23.7 Å². The first-order valence-electron chi connectivity index (χ1n) is 7.38. The molecule has 5 nitrogen and oxygen atoms in total. The summed E-state index contributed by atoms with van der Waals surface area (Å²) in [6.45, 7) is 8.72. The van der Waals surface area contributed by atoms with Crippen LogP contribution in [0, 0.1) is 5.92 Å². The molecule has 21 heavy (non-hydrogen) atoms. The van der Waals surface area contributed by atoms with E-state index in [0.29, 0.717) is 24.8 Å². The summed E-state index contributed by atoms with van der Waals surface area (Å²) in [5, 5.41) is 6.19. The number of rotatable bonds is 5. The number of hydrogen-bond donors (Lipinski definition) is 2. The van der Waals surface area contributed by atoms with E-state index in [9.17, 15) is 4.79 Å². The Labute approximate surface area is 132 Å². The minimum atomic E-state index is -0.0509. The Kier molecular flexibility index (Phi) is 6.68. The summed E-state index contributed by atoms with van der Waals surface area (Å²) in [5.41, 5.74) is -0.0509. The van der Waals surface area contributed by atoms with Gasteiger partial charge in [0.15, 0.2) is 0 Å². The van der Waals surface area contributed by atoms with E-state index >= 15 is 0 Å². The zero-order valence-electron chi connectivity index (χ0n) is 13.1. The molecule has 1 fully saturated rings. The predicted octanol–water partition coefficient (Wildman–Crippen LogP) is 2.40. The van der Waals surface area contributed by atoms with Gasteiger partial charge in [0.05, 0.1) is 12.7 Å². The Bertz CT molecular complexity index is 448. The molecule has 1 aliphatic heterocycles. The van der Waals surface area contributed by atoms with Crippen LogP contribution in [0.25, 0.3) is 0 Å². The number of nitrogens with one attached hydrogen (secondary N) is 2. The average Bonchev–Trinajstić information content (AvgIpc) is 3.04. The fraction of sp³-hybridized carbons (Fsp3) is 0.733. The van der Waals surface area contributed by atoms with Gasteiger partial charge in [0.2, 0.25) is 11.8 Å². The Hall–Kier alpha value is -1.07. The van der Waals surface area contributed by atoms with Gasteiger partial charge >= 0.3 is 0 Å². The lowest BCUT2D eigenvalue weighted by Crippen LogP contribution is -2.23. The monoisotopic (exact) mass is 315 g/mol. The van der Waals surface area contributed by atoms with Crippen LogP contribution < -0.4 is 10.6 Å². The van der Waals surface area contributed by atoms with E-state index in [0.717, 1.165) is 25.3 Å². The number of carbonyl (C=O) groups is 1. The van der Waals surface area contributed by atoms with E-state index < -0.39 is 0 Å². The summed E-state index contributed by atoms with van der Waals surface area (Å²) in [5.74, 6) is 2.15. The van der Waals surface area contributed by atoms with Crippen LogP contribution in [0.2, 0.25) is 0 Å². The minimum absolute atomic E-state index is 0. The molecule has 1 amide bonds. The lowest BCUT2D eigenvalue weighted by Gasteiger charge is -2.13. The Morgan fingerprint density at radius 3 is 2.86 bits per heavy atom. The number of oxazole rings is 1. The van der Waals surface area contributed by atoms with Crippen molar-refractivity contribution in [2.75, 3.05) is 13.1 Å². The standard InChI is InChI=1S/C15H25N3O2.ClH/c1-15(2,3)12-9-18-14(20-12)10-17-13(19)5-4-11-6-7-16-8-11;/h9,11,16H,4-8,10H2,1-3H3,(H,17,19);1H. The van der Waals surface area contributed by atoms with Crippen LogP contribution in [-0.2, 0) is 16.8 Å². The van der Waals surface area contributed by atoms with Crippen LogP contribution in [0.4, 0.5) is 0 Å². The van der Waals surface area contributed by atoms with E-state index in [1.54, 1.807) is 6.20 Å². The van der Waals surface area contributed by atoms with E-state index in [2.05, 4.69) is 36.4 Å². The number of aromatic nitrogens is 1. The van der Waals surface area contributed by atoms with Crippen molar-refractivity contribution >= 4 is 18.3 Å². The van der Waals surface area contributed by atoms with Gasteiger partial charge in [-0.15, -0.1) is 12.4 Å². The van der Waals surface area contributed by atoms with Crippen molar-refractivity contribution in [1.82, 2.24) is 15.6 Å². The molecule has 1 aliphatic rings. The summed E-state index contributed by atoms with van der Waals surface area (Å²) in [7, 11) is 0. The molecule has 1 saturated heterocycles. The maximum absolute atomic E-state index is 11.8. The van der Waals surface area contributed by atoms with Gasteiger partial charge in [-0.25, -0.2) is 4.98 Å². The van der Waals surface area contributed by atoms with Crippen molar-refractivity contribution in [2.24, 2.45) is 5.92 Å². The Balaban J connectivity index is 0.00000220. The number of halogens is 1. The van der Waals surface area contributed by atoms with Crippen LogP contribution in [0.3, 0.4) is 0 Å². The average molecular weight is 316 g/mol. The second-order valence-electron chi connectivity index (χ2n) is 6.54. The summed E-state index contributed by atoms with van der Waals surface area (Å²) < 4.78 is 5.64. The molecular weight excluding hydrogens is 290 g/mol. The third-order valence-electron chi connectivity index (χ3n) is 3.67. The summed E-state index contributed by atoms with van der Waals surface area (Å²) in [6.07, 6.45) is 4.46. The highest BCUT2D eigenvalue weighted by molar-refractivity contribution is 5.85. The molecule has 0 aliphatic carbocycles. The van der Waals surface area contributed by atoms with Gasteiger partial charge < -0.3 is 15.1 Å². The van der Waals surface area contributed by atoms with E-state index in [4.69, 9.17) is 4.42 Å². The van der Waals surface area contributed by atoms with Gasteiger partial charge in [-0.3, -0.25) is 4.79 Å². The Morgan fingerprint density at radius 1 is 1.52 bits per heavy atom. The molecule has 1 unspecified atom stereocenters. The molecule has 1 atom stereocenters. The first-order valence-corrected chi connectivity index (χ1v) is 7.38. The molecular formula is C15H26ClN3O2. The first kappa shape index (κ1) is 18.0. The topological polar surface area (TPSA) is 67.2 Å². The Morgan fingerprint density at radius 2 is 2.29 bits per heavy atom. The van der Waals surface area contributed by atoms with Gasteiger partial charge in [-0.2, -0.15) is 0 Å².